The number of amides is 2. The van der Waals surface area contributed by atoms with E-state index in [1.807, 2.05) is 30.3 Å². The number of nitrogens with two attached hydrogens (primary N) is 1. The summed E-state index contributed by atoms with van der Waals surface area (Å²) in [6.07, 6.45) is 3.57. The third-order valence-corrected chi connectivity index (χ3v) is 3.88. The predicted octanol–water partition coefficient (Wildman–Crippen LogP) is 1.60. The number of benzene rings is 1. The van der Waals surface area contributed by atoms with Gasteiger partial charge in [-0.05, 0) is 31.4 Å². The van der Waals surface area contributed by atoms with Crippen LogP contribution in [0.3, 0.4) is 0 Å². The number of para-hydroxylation sites is 1. The number of anilines is 1. The Kier molecular flexibility index (Phi) is 5.33. The lowest BCUT2D eigenvalue weighted by atomic mass is 9.85. The molecule has 1 fully saturated rings. The molecular formula is C16H23N3O2. The molecule has 3 N–H and O–H groups in total. The molecule has 2 unspecified atom stereocenters. The van der Waals surface area contributed by atoms with E-state index in [-0.39, 0.29) is 30.3 Å². The average Bonchev–Trinajstić information content (AvgIpc) is 2.47. The average molecular weight is 289 g/mol. The molecule has 0 aromatic heterocycles. The molecule has 5 nitrogen and oxygen atoms in total. The molecule has 0 bridgehead atoms. The molecule has 5 heteroatoms. The number of rotatable bonds is 4. The van der Waals surface area contributed by atoms with Crippen molar-refractivity contribution < 1.29 is 9.59 Å². The molecule has 0 aliphatic heterocycles. The zero-order chi connectivity index (χ0) is 15.2. The molecule has 0 saturated heterocycles. The summed E-state index contributed by atoms with van der Waals surface area (Å²) in [6, 6.07) is 9.35. The molecular weight excluding hydrogens is 266 g/mol. The van der Waals surface area contributed by atoms with Crippen LogP contribution in [0.15, 0.2) is 30.3 Å². The van der Waals surface area contributed by atoms with Crippen molar-refractivity contribution in [2.75, 3.05) is 18.9 Å². The first-order chi connectivity index (χ1) is 10.1. The molecule has 21 heavy (non-hydrogen) atoms. The van der Waals surface area contributed by atoms with E-state index in [0.29, 0.717) is 0 Å². The lowest BCUT2D eigenvalue weighted by Crippen LogP contribution is -2.41. The van der Waals surface area contributed by atoms with Crippen molar-refractivity contribution in [3.8, 4) is 0 Å². The smallest absolute Gasteiger partial charge is 0.243 e. The van der Waals surface area contributed by atoms with E-state index in [2.05, 4.69) is 5.32 Å². The lowest BCUT2D eigenvalue weighted by molar-refractivity contribution is -0.138. The van der Waals surface area contributed by atoms with Crippen molar-refractivity contribution in [2.45, 2.75) is 31.7 Å². The summed E-state index contributed by atoms with van der Waals surface area (Å²) >= 11 is 0. The van der Waals surface area contributed by atoms with Crippen LogP contribution < -0.4 is 11.1 Å². The van der Waals surface area contributed by atoms with Crippen LogP contribution in [0.25, 0.3) is 0 Å². The summed E-state index contributed by atoms with van der Waals surface area (Å²) in [5.41, 5.74) is 6.66. The molecule has 1 aromatic rings. The number of likely N-dealkylation sites (N-methyl/N-ethyl adjacent to an activating group) is 1. The first-order valence-corrected chi connectivity index (χ1v) is 7.41. The molecule has 2 rings (SSSR count). The second-order valence-corrected chi connectivity index (χ2v) is 5.73. The SMILES string of the molecule is CN(CC(=O)Nc1ccccc1)C(=O)C1CCCC(N)C1. The molecule has 1 saturated carbocycles. The van der Waals surface area contributed by atoms with Gasteiger partial charge in [0.1, 0.15) is 0 Å². The number of hydrogen-bond donors (Lipinski definition) is 2. The Balaban J connectivity index is 1.84. The van der Waals surface area contributed by atoms with E-state index < -0.39 is 0 Å². The number of carbonyl (C=O) groups is 2. The van der Waals surface area contributed by atoms with E-state index in [9.17, 15) is 9.59 Å². The van der Waals surface area contributed by atoms with Gasteiger partial charge in [0.25, 0.3) is 0 Å². The van der Waals surface area contributed by atoms with Crippen LogP contribution in [0.4, 0.5) is 5.69 Å². The van der Waals surface area contributed by atoms with Gasteiger partial charge >= 0.3 is 0 Å². The maximum Gasteiger partial charge on any atom is 0.243 e. The van der Waals surface area contributed by atoms with Crippen LogP contribution in [0.2, 0.25) is 0 Å². The van der Waals surface area contributed by atoms with E-state index >= 15 is 0 Å². The Hall–Kier alpha value is -1.88. The highest BCUT2D eigenvalue weighted by atomic mass is 16.2. The molecule has 0 heterocycles. The fourth-order valence-corrected chi connectivity index (χ4v) is 2.78. The Bertz CT molecular complexity index is 490. The fourth-order valence-electron chi connectivity index (χ4n) is 2.78. The first kappa shape index (κ1) is 15.5. The molecule has 2 atom stereocenters. The third kappa shape index (κ3) is 4.56. The van der Waals surface area contributed by atoms with Crippen molar-refractivity contribution in [2.24, 2.45) is 11.7 Å². The van der Waals surface area contributed by atoms with Gasteiger partial charge in [-0.25, -0.2) is 0 Å². The van der Waals surface area contributed by atoms with Gasteiger partial charge in [0.2, 0.25) is 11.8 Å². The minimum atomic E-state index is -0.183. The highest BCUT2D eigenvalue weighted by molar-refractivity contribution is 5.94. The predicted molar refractivity (Wildman–Crippen MR) is 82.6 cm³/mol. The van der Waals surface area contributed by atoms with Gasteiger partial charge in [-0.15, -0.1) is 0 Å². The quantitative estimate of drug-likeness (QED) is 0.884. The van der Waals surface area contributed by atoms with Crippen molar-refractivity contribution in [1.82, 2.24) is 4.90 Å². The van der Waals surface area contributed by atoms with Crippen LogP contribution in [0.5, 0.6) is 0 Å². The Labute approximate surface area is 125 Å². The minimum Gasteiger partial charge on any atom is -0.336 e. The largest absolute Gasteiger partial charge is 0.336 e. The van der Waals surface area contributed by atoms with E-state index in [1.165, 1.54) is 4.90 Å². The first-order valence-electron chi connectivity index (χ1n) is 7.41. The van der Waals surface area contributed by atoms with Crippen molar-refractivity contribution in [1.29, 1.82) is 0 Å². The van der Waals surface area contributed by atoms with Crippen molar-refractivity contribution in [3.05, 3.63) is 30.3 Å². The number of nitrogens with one attached hydrogen (secondary N) is 1. The summed E-state index contributed by atoms with van der Waals surface area (Å²) in [6.45, 7) is 0.0689. The van der Waals surface area contributed by atoms with Gasteiger partial charge in [0.15, 0.2) is 0 Å². The van der Waals surface area contributed by atoms with Crippen LogP contribution in [0.1, 0.15) is 25.7 Å². The molecule has 114 valence electrons. The summed E-state index contributed by atoms with van der Waals surface area (Å²) in [5, 5.41) is 2.78. The summed E-state index contributed by atoms with van der Waals surface area (Å²) in [7, 11) is 1.67. The van der Waals surface area contributed by atoms with Crippen LogP contribution in [0, 0.1) is 5.92 Å². The second kappa shape index (κ2) is 7.22. The van der Waals surface area contributed by atoms with Crippen molar-refractivity contribution in [3.63, 3.8) is 0 Å². The summed E-state index contributed by atoms with van der Waals surface area (Å²) in [4.78, 5) is 25.8. The summed E-state index contributed by atoms with van der Waals surface area (Å²) in [5.74, 6) is -0.200. The third-order valence-electron chi connectivity index (χ3n) is 3.88. The fraction of sp³-hybridized carbons (Fsp3) is 0.500. The Morgan fingerprint density at radius 2 is 2.00 bits per heavy atom. The maximum atomic E-state index is 12.3. The van der Waals surface area contributed by atoms with Crippen molar-refractivity contribution >= 4 is 17.5 Å². The summed E-state index contributed by atoms with van der Waals surface area (Å²) < 4.78 is 0. The highest BCUT2D eigenvalue weighted by Crippen LogP contribution is 2.24. The second-order valence-electron chi connectivity index (χ2n) is 5.73. The highest BCUT2D eigenvalue weighted by Gasteiger charge is 2.28. The lowest BCUT2D eigenvalue weighted by Gasteiger charge is -2.29. The van der Waals surface area contributed by atoms with Gasteiger partial charge in [0, 0.05) is 24.7 Å². The minimum absolute atomic E-state index is 0.0216. The zero-order valence-corrected chi connectivity index (χ0v) is 12.4. The van der Waals surface area contributed by atoms with Gasteiger partial charge in [-0.1, -0.05) is 24.6 Å². The van der Waals surface area contributed by atoms with Crippen LogP contribution >= 0.6 is 0 Å². The topological polar surface area (TPSA) is 75.4 Å². The molecule has 1 aliphatic carbocycles. The molecule has 2 amide bonds. The maximum absolute atomic E-state index is 12.3. The number of nitrogens with zero attached hydrogens (tertiary/aromatic N) is 1. The van der Waals surface area contributed by atoms with E-state index in [1.54, 1.807) is 7.05 Å². The van der Waals surface area contributed by atoms with E-state index in [0.717, 1.165) is 31.4 Å². The normalized spacial score (nSPS) is 21.6. The molecule has 0 radical (unpaired) electrons. The van der Waals surface area contributed by atoms with Gasteiger partial charge < -0.3 is 16.0 Å². The zero-order valence-electron chi connectivity index (χ0n) is 12.4. The number of carbonyl (C=O) groups excluding carboxylic acids is 2. The van der Waals surface area contributed by atoms with Crippen LogP contribution in [-0.4, -0.2) is 36.3 Å². The van der Waals surface area contributed by atoms with E-state index in [4.69, 9.17) is 5.73 Å². The molecule has 1 aromatic carbocycles. The van der Waals surface area contributed by atoms with Crippen LogP contribution in [-0.2, 0) is 9.59 Å². The van der Waals surface area contributed by atoms with Gasteiger partial charge in [-0.2, -0.15) is 0 Å². The monoisotopic (exact) mass is 289 g/mol. The van der Waals surface area contributed by atoms with Gasteiger partial charge in [-0.3, -0.25) is 9.59 Å². The Morgan fingerprint density at radius 1 is 1.29 bits per heavy atom. The molecule has 1 aliphatic rings. The van der Waals surface area contributed by atoms with Gasteiger partial charge in [0.05, 0.1) is 6.54 Å². The number of hydrogen-bond acceptors (Lipinski definition) is 3. The standard InChI is InChI=1S/C16H23N3O2/c1-19(16(21)12-6-5-7-13(17)10-12)11-15(20)18-14-8-3-2-4-9-14/h2-4,8-9,12-13H,5-7,10-11,17H2,1H3,(H,18,20). The Morgan fingerprint density at radius 3 is 2.67 bits per heavy atom. The molecule has 0 spiro atoms.